The molecule has 2 aromatic rings. The Hall–Kier alpha value is -2.34. The van der Waals surface area contributed by atoms with Crippen LogP contribution in [-0.2, 0) is 31.4 Å². The number of rotatable bonds is 10. The molecule has 0 N–H and O–H groups in total. The van der Waals surface area contributed by atoms with Crippen molar-refractivity contribution in [2.75, 3.05) is 19.6 Å². The Morgan fingerprint density at radius 3 is 2.03 bits per heavy atom. The van der Waals surface area contributed by atoms with E-state index < -0.39 is 25.3 Å². The Morgan fingerprint density at radius 1 is 0.921 bits per heavy atom. The summed E-state index contributed by atoms with van der Waals surface area (Å²) in [6.45, 7) is 5.62. The van der Waals surface area contributed by atoms with Gasteiger partial charge in [-0.15, -0.1) is 0 Å². The molecule has 0 spiro atoms. The molecule has 38 heavy (non-hydrogen) atoms. The van der Waals surface area contributed by atoms with Crippen LogP contribution in [0.4, 0.5) is 4.39 Å². The highest BCUT2D eigenvalue weighted by molar-refractivity contribution is 7.89. The largest absolute Gasteiger partial charge is 0.334 e. The monoisotopic (exact) mass is 565 g/mol. The smallest absolute Gasteiger partial charge is 0.243 e. The topological polar surface area (TPSA) is 95.1 Å². The molecule has 0 atom stereocenters. The third kappa shape index (κ3) is 6.44. The summed E-state index contributed by atoms with van der Waals surface area (Å²) in [6, 6.07) is 12.0. The lowest BCUT2D eigenvalue weighted by atomic mass is 10.0. The number of halogens is 1. The zero-order valence-corrected chi connectivity index (χ0v) is 23.7. The van der Waals surface area contributed by atoms with Gasteiger partial charge in [0, 0.05) is 31.7 Å². The van der Waals surface area contributed by atoms with Crippen molar-refractivity contribution in [1.82, 2.24) is 13.5 Å². The van der Waals surface area contributed by atoms with Gasteiger partial charge in [0.1, 0.15) is 5.82 Å². The van der Waals surface area contributed by atoms with Crippen molar-refractivity contribution in [3.05, 3.63) is 65.5 Å². The molecule has 4 rings (SSSR count). The number of nitrogens with zero attached hydrogens (tertiary/aromatic N) is 3. The Balaban J connectivity index is 1.57. The Labute approximate surface area is 225 Å². The molecule has 2 aliphatic rings. The molecule has 2 fully saturated rings. The molecule has 1 heterocycles. The highest BCUT2D eigenvalue weighted by Gasteiger charge is 2.41. The minimum absolute atomic E-state index is 0.153. The van der Waals surface area contributed by atoms with Gasteiger partial charge in [0.2, 0.25) is 26.0 Å². The fourth-order valence-corrected chi connectivity index (χ4v) is 7.71. The van der Waals surface area contributed by atoms with E-state index in [9.17, 15) is 26.0 Å². The number of carbonyl (C=O) groups is 1. The minimum atomic E-state index is -3.88. The van der Waals surface area contributed by atoms with Crippen LogP contribution in [0.1, 0.15) is 50.7 Å². The number of amides is 1. The molecule has 1 saturated carbocycles. The van der Waals surface area contributed by atoms with Crippen LogP contribution in [0, 0.1) is 12.7 Å². The van der Waals surface area contributed by atoms with E-state index in [1.165, 1.54) is 20.7 Å². The summed E-state index contributed by atoms with van der Waals surface area (Å²) in [4.78, 5) is 15.6. The number of hydrogen-bond donors (Lipinski definition) is 0. The Kier molecular flexibility index (Phi) is 8.61. The van der Waals surface area contributed by atoms with E-state index >= 15 is 0 Å². The first-order chi connectivity index (χ1) is 17.9. The quantitative estimate of drug-likeness (QED) is 0.439. The lowest BCUT2D eigenvalue weighted by Crippen LogP contribution is -2.52. The Morgan fingerprint density at radius 2 is 1.50 bits per heavy atom. The lowest BCUT2D eigenvalue weighted by Gasteiger charge is -2.39. The van der Waals surface area contributed by atoms with Gasteiger partial charge in [-0.3, -0.25) is 4.79 Å². The first-order valence-electron chi connectivity index (χ1n) is 13.0. The number of sulfonamides is 2. The summed E-state index contributed by atoms with van der Waals surface area (Å²) in [7, 11) is -7.29. The first-order valence-corrected chi connectivity index (χ1v) is 16.0. The molecule has 0 bridgehead atoms. The normalized spacial score (nSPS) is 17.7. The van der Waals surface area contributed by atoms with Gasteiger partial charge in [0.15, 0.2) is 0 Å². The second kappa shape index (κ2) is 11.4. The van der Waals surface area contributed by atoms with Gasteiger partial charge >= 0.3 is 0 Å². The van der Waals surface area contributed by atoms with Crippen LogP contribution in [-0.4, -0.2) is 73.2 Å². The summed E-state index contributed by atoms with van der Waals surface area (Å²) in [5.41, 5.74) is 1.66. The molecule has 0 unspecified atom stereocenters. The van der Waals surface area contributed by atoms with Crippen LogP contribution in [0.2, 0.25) is 0 Å². The van der Waals surface area contributed by atoms with Crippen LogP contribution in [0.5, 0.6) is 0 Å². The SMILES string of the molecule is Cc1ccc(S(=O)(=O)N(CC(=O)N(Cc2ccc(F)cc2)C2CCN(S(=O)(=O)C(C)C)CC2)C2CC2)cc1. The number of hydrogen-bond acceptors (Lipinski definition) is 5. The molecule has 1 saturated heterocycles. The van der Waals surface area contributed by atoms with Gasteiger partial charge in [-0.1, -0.05) is 29.8 Å². The van der Waals surface area contributed by atoms with Crippen molar-refractivity contribution in [2.24, 2.45) is 0 Å². The zero-order chi connectivity index (χ0) is 27.7. The predicted molar refractivity (Wildman–Crippen MR) is 144 cm³/mol. The maximum absolute atomic E-state index is 13.8. The van der Waals surface area contributed by atoms with E-state index in [2.05, 4.69) is 0 Å². The average molecular weight is 566 g/mol. The van der Waals surface area contributed by atoms with Crippen molar-refractivity contribution < 1.29 is 26.0 Å². The molecule has 0 aromatic heterocycles. The molecule has 2 aromatic carbocycles. The van der Waals surface area contributed by atoms with E-state index in [-0.39, 0.29) is 54.9 Å². The van der Waals surface area contributed by atoms with Gasteiger partial charge in [-0.05, 0) is 76.3 Å². The van der Waals surface area contributed by atoms with Gasteiger partial charge in [0.05, 0.1) is 16.7 Å². The lowest BCUT2D eigenvalue weighted by molar-refractivity contribution is -0.135. The van der Waals surface area contributed by atoms with E-state index in [0.29, 0.717) is 25.7 Å². The second-order valence-electron chi connectivity index (χ2n) is 10.5. The molecule has 8 nitrogen and oxygen atoms in total. The van der Waals surface area contributed by atoms with Crippen molar-refractivity contribution in [2.45, 2.75) is 75.2 Å². The van der Waals surface area contributed by atoms with E-state index in [0.717, 1.165) is 11.1 Å². The fraction of sp³-hybridized carbons (Fsp3) is 0.519. The number of benzene rings is 2. The zero-order valence-electron chi connectivity index (χ0n) is 22.1. The summed E-state index contributed by atoms with van der Waals surface area (Å²) in [6.07, 6.45) is 2.27. The highest BCUT2D eigenvalue weighted by Crippen LogP contribution is 2.33. The van der Waals surface area contributed by atoms with E-state index in [1.807, 2.05) is 6.92 Å². The number of piperidine rings is 1. The molecule has 208 valence electrons. The molecule has 0 radical (unpaired) electrons. The van der Waals surface area contributed by atoms with Crippen LogP contribution >= 0.6 is 0 Å². The van der Waals surface area contributed by atoms with Gasteiger partial charge in [-0.25, -0.2) is 25.5 Å². The van der Waals surface area contributed by atoms with Crippen LogP contribution < -0.4 is 0 Å². The third-order valence-electron chi connectivity index (χ3n) is 7.28. The van der Waals surface area contributed by atoms with Crippen LogP contribution in [0.3, 0.4) is 0 Å². The van der Waals surface area contributed by atoms with Crippen molar-refractivity contribution >= 4 is 26.0 Å². The summed E-state index contributed by atoms with van der Waals surface area (Å²) < 4.78 is 68.6. The van der Waals surface area contributed by atoms with Gasteiger partial charge in [0.25, 0.3) is 0 Å². The van der Waals surface area contributed by atoms with Gasteiger partial charge in [-0.2, -0.15) is 4.31 Å². The Bertz CT molecular complexity index is 1330. The van der Waals surface area contributed by atoms with Crippen LogP contribution in [0.15, 0.2) is 53.4 Å². The molecule has 11 heteroatoms. The van der Waals surface area contributed by atoms with E-state index in [1.54, 1.807) is 55.1 Å². The van der Waals surface area contributed by atoms with E-state index in [4.69, 9.17) is 0 Å². The van der Waals surface area contributed by atoms with Crippen molar-refractivity contribution in [1.29, 1.82) is 0 Å². The van der Waals surface area contributed by atoms with Crippen molar-refractivity contribution in [3.63, 3.8) is 0 Å². The molecule has 1 aliphatic heterocycles. The van der Waals surface area contributed by atoms with Gasteiger partial charge < -0.3 is 4.90 Å². The molecule has 1 aliphatic carbocycles. The van der Waals surface area contributed by atoms with Crippen LogP contribution in [0.25, 0.3) is 0 Å². The second-order valence-corrected chi connectivity index (χ2v) is 14.8. The molecular weight excluding hydrogens is 529 g/mol. The first kappa shape index (κ1) is 28.7. The summed E-state index contributed by atoms with van der Waals surface area (Å²) in [5, 5.41) is -0.532. The summed E-state index contributed by atoms with van der Waals surface area (Å²) >= 11 is 0. The number of aryl methyl sites for hydroxylation is 1. The molecule has 1 amide bonds. The standard InChI is InChI=1S/C27H36FN3O5S2/c1-20(2)37(33,34)29-16-14-24(15-17-29)30(18-22-6-8-23(28)9-7-22)27(32)19-31(25-10-11-25)38(35,36)26-12-4-21(3)5-13-26/h4-9,12-13,20,24-25H,10-11,14-19H2,1-3H3. The number of carbonyl (C=O) groups excluding carboxylic acids is 1. The fourth-order valence-electron chi connectivity index (χ4n) is 4.76. The van der Waals surface area contributed by atoms with Crippen molar-refractivity contribution in [3.8, 4) is 0 Å². The third-order valence-corrected chi connectivity index (χ3v) is 11.5. The average Bonchev–Trinajstić information content (AvgIpc) is 3.72. The summed E-state index contributed by atoms with van der Waals surface area (Å²) in [5.74, 6) is -0.731. The maximum Gasteiger partial charge on any atom is 0.243 e. The predicted octanol–water partition coefficient (Wildman–Crippen LogP) is 3.52. The highest BCUT2D eigenvalue weighted by atomic mass is 32.2. The minimum Gasteiger partial charge on any atom is -0.334 e. The maximum atomic E-state index is 13.8. The molecular formula is C27H36FN3O5S2.